The third kappa shape index (κ3) is 1.38. The van der Waals surface area contributed by atoms with Crippen molar-refractivity contribution in [3.8, 4) is 0 Å². The minimum Gasteiger partial charge on any atom is -0.388 e. The molecule has 0 unspecified atom stereocenters. The van der Waals surface area contributed by atoms with Gasteiger partial charge in [-0.15, -0.1) is 0 Å². The normalized spacial score (nSPS) is 30.5. The molecule has 0 spiro atoms. The van der Waals surface area contributed by atoms with Gasteiger partial charge >= 0.3 is 0 Å². The summed E-state index contributed by atoms with van der Waals surface area (Å²) < 4.78 is 0. The second-order valence-corrected chi connectivity index (χ2v) is 3.62. The quantitative estimate of drug-likeness (QED) is 0.554. The first-order chi connectivity index (χ1) is 5.88. The van der Waals surface area contributed by atoms with Crippen LogP contribution in [0.15, 0.2) is 11.3 Å². The van der Waals surface area contributed by atoms with Crippen LogP contribution >= 0.6 is 0 Å². The zero-order chi connectivity index (χ0) is 8.39. The van der Waals surface area contributed by atoms with Crippen molar-refractivity contribution in [2.75, 3.05) is 6.54 Å². The molecule has 2 fully saturated rings. The molecule has 0 amide bonds. The molecule has 12 heavy (non-hydrogen) atoms. The SMILES string of the molecule is O=C1CCC/C1=C1\CCCCN1. The minimum atomic E-state index is 0.388. The molecule has 2 nitrogen and oxygen atoms in total. The van der Waals surface area contributed by atoms with Gasteiger partial charge in [-0.1, -0.05) is 0 Å². The Labute approximate surface area is 73.0 Å². The molecule has 2 heteroatoms. The topological polar surface area (TPSA) is 29.1 Å². The third-order valence-electron chi connectivity index (χ3n) is 2.72. The molecule has 1 aliphatic heterocycles. The molecule has 0 bridgehead atoms. The summed E-state index contributed by atoms with van der Waals surface area (Å²) in [4.78, 5) is 11.4. The number of carbonyl (C=O) groups excluding carboxylic acids is 1. The van der Waals surface area contributed by atoms with E-state index in [0.717, 1.165) is 37.8 Å². The van der Waals surface area contributed by atoms with Crippen LogP contribution in [0.2, 0.25) is 0 Å². The van der Waals surface area contributed by atoms with E-state index in [1.807, 2.05) is 0 Å². The Morgan fingerprint density at radius 3 is 2.50 bits per heavy atom. The summed E-state index contributed by atoms with van der Waals surface area (Å²) in [6.07, 6.45) is 6.46. The van der Waals surface area contributed by atoms with Crippen molar-refractivity contribution in [2.45, 2.75) is 38.5 Å². The van der Waals surface area contributed by atoms with E-state index in [0.29, 0.717) is 5.78 Å². The molecule has 2 rings (SSSR count). The van der Waals surface area contributed by atoms with Crippen LogP contribution in [0.3, 0.4) is 0 Å². The van der Waals surface area contributed by atoms with E-state index in [1.54, 1.807) is 0 Å². The summed E-state index contributed by atoms with van der Waals surface area (Å²) in [6.45, 7) is 1.06. The number of carbonyl (C=O) groups is 1. The Balaban J connectivity index is 2.16. The van der Waals surface area contributed by atoms with Gasteiger partial charge in [0.05, 0.1) is 0 Å². The maximum Gasteiger partial charge on any atom is 0.160 e. The fourth-order valence-electron chi connectivity index (χ4n) is 2.05. The number of Topliss-reactive ketones (excluding diaryl/α,β-unsaturated/α-hetero) is 1. The first-order valence-corrected chi connectivity index (χ1v) is 4.87. The number of nitrogens with one attached hydrogen (secondary N) is 1. The lowest BCUT2D eigenvalue weighted by molar-refractivity contribution is -0.114. The molecule has 1 saturated carbocycles. The summed E-state index contributed by atoms with van der Waals surface area (Å²) >= 11 is 0. The minimum absolute atomic E-state index is 0.388. The first-order valence-electron chi connectivity index (χ1n) is 4.87. The van der Waals surface area contributed by atoms with E-state index in [2.05, 4.69) is 5.32 Å². The van der Waals surface area contributed by atoms with Crippen molar-refractivity contribution in [3.05, 3.63) is 11.3 Å². The fraction of sp³-hybridized carbons (Fsp3) is 0.700. The van der Waals surface area contributed by atoms with E-state index in [1.165, 1.54) is 18.5 Å². The number of allylic oxidation sites excluding steroid dienone is 2. The van der Waals surface area contributed by atoms with Gasteiger partial charge in [0.1, 0.15) is 0 Å². The molecular formula is C10H15NO. The summed E-state index contributed by atoms with van der Waals surface area (Å²) in [5, 5.41) is 3.35. The molecule has 0 atom stereocenters. The predicted molar refractivity (Wildman–Crippen MR) is 47.7 cm³/mol. The molecule has 0 aromatic rings. The molecular weight excluding hydrogens is 150 g/mol. The van der Waals surface area contributed by atoms with Crippen molar-refractivity contribution < 1.29 is 4.79 Å². The second-order valence-electron chi connectivity index (χ2n) is 3.62. The number of hydrogen-bond donors (Lipinski definition) is 1. The van der Waals surface area contributed by atoms with Crippen LogP contribution in [0.4, 0.5) is 0 Å². The molecule has 1 heterocycles. The van der Waals surface area contributed by atoms with Crippen molar-refractivity contribution in [1.29, 1.82) is 0 Å². The zero-order valence-electron chi connectivity index (χ0n) is 7.36. The van der Waals surface area contributed by atoms with Crippen LogP contribution in [0.5, 0.6) is 0 Å². The Kier molecular flexibility index (Phi) is 2.15. The lowest BCUT2D eigenvalue weighted by Crippen LogP contribution is -2.22. The average Bonchev–Trinajstić information content (AvgIpc) is 2.53. The van der Waals surface area contributed by atoms with Crippen molar-refractivity contribution in [1.82, 2.24) is 5.32 Å². The molecule has 1 N–H and O–H groups in total. The Morgan fingerprint density at radius 2 is 1.92 bits per heavy atom. The van der Waals surface area contributed by atoms with Crippen molar-refractivity contribution in [2.24, 2.45) is 0 Å². The highest BCUT2D eigenvalue weighted by Crippen LogP contribution is 2.26. The van der Waals surface area contributed by atoms with E-state index in [-0.39, 0.29) is 0 Å². The number of hydrogen-bond acceptors (Lipinski definition) is 2. The Bertz CT molecular complexity index is 222. The second kappa shape index (κ2) is 3.30. The Morgan fingerprint density at radius 1 is 1.00 bits per heavy atom. The van der Waals surface area contributed by atoms with Crippen LogP contribution < -0.4 is 5.32 Å². The van der Waals surface area contributed by atoms with E-state index >= 15 is 0 Å². The number of rotatable bonds is 0. The molecule has 0 aromatic heterocycles. The first kappa shape index (κ1) is 7.84. The monoisotopic (exact) mass is 165 g/mol. The van der Waals surface area contributed by atoms with Gasteiger partial charge < -0.3 is 5.32 Å². The smallest absolute Gasteiger partial charge is 0.160 e. The summed E-state index contributed by atoms with van der Waals surface area (Å²) in [6, 6.07) is 0. The van der Waals surface area contributed by atoms with E-state index in [4.69, 9.17) is 0 Å². The maximum atomic E-state index is 11.4. The van der Waals surface area contributed by atoms with Gasteiger partial charge in [0.25, 0.3) is 0 Å². The standard InChI is InChI=1S/C10H15NO/c12-10-6-3-4-8(10)9-5-1-2-7-11-9/h11H,1-7H2/b9-8-. The number of piperidine rings is 1. The lowest BCUT2D eigenvalue weighted by Gasteiger charge is -2.18. The third-order valence-corrected chi connectivity index (χ3v) is 2.72. The van der Waals surface area contributed by atoms with Crippen LogP contribution in [0, 0.1) is 0 Å². The maximum absolute atomic E-state index is 11.4. The highest BCUT2D eigenvalue weighted by atomic mass is 16.1. The lowest BCUT2D eigenvalue weighted by atomic mass is 10.0. The fourth-order valence-corrected chi connectivity index (χ4v) is 2.05. The van der Waals surface area contributed by atoms with Gasteiger partial charge in [0.2, 0.25) is 0 Å². The summed E-state index contributed by atoms with van der Waals surface area (Å²) in [7, 11) is 0. The number of ketones is 1. The van der Waals surface area contributed by atoms with Gasteiger partial charge in [0, 0.05) is 24.2 Å². The largest absolute Gasteiger partial charge is 0.388 e. The van der Waals surface area contributed by atoms with Crippen LogP contribution in [0.1, 0.15) is 38.5 Å². The summed E-state index contributed by atoms with van der Waals surface area (Å²) in [5.41, 5.74) is 2.36. The van der Waals surface area contributed by atoms with Crippen molar-refractivity contribution in [3.63, 3.8) is 0 Å². The van der Waals surface area contributed by atoms with Gasteiger partial charge in [-0.05, 0) is 32.1 Å². The molecule has 1 saturated heterocycles. The van der Waals surface area contributed by atoms with Crippen LogP contribution in [-0.4, -0.2) is 12.3 Å². The van der Waals surface area contributed by atoms with Gasteiger partial charge in [0.15, 0.2) is 5.78 Å². The highest BCUT2D eigenvalue weighted by Gasteiger charge is 2.21. The highest BCUT2D eigenvalue weighted by molar-refractivity contribution is 5.98. The molecule has 0 aromatic carbocycles. The van der Waals surface area contributed by atoms with Crippen LogP contribution in [0.25, 0.3) is 0 Å². The average molecular weight is 165 g/mol. The molecule has 1 aliphatic carbocycles. The zero-order valence-corrected chi connectivity index (χ0v) is 7.36. The predicted octanol–water partition coefficient (Wildman–Crippen LogP) is 1.77. The van der Waals surface area contributed by atoms with Crippen LogP contribution in [-0.2, 0) is 4.79 Å². The summed E-state index contributed by atoms with van der Waals surface area (Å²) in [5.74, 6) is 0.388. The van der Waals surface area contributed by atoms with Gasteiger partial charge in [-0.2, -0.15) is 0 Å². The molecule has 2 aliphatic rings. The van der Waals surface area contributed by atoms with E-state index in [9.17, 15) is 4.79 Å². The molecule has 0 radical (unpaired) electrons. The van der Waals surface area contributed by atoms with Gasteiger partial charge in [-0.25, -0.2) is 0 Å². The van der Waals surface area contributed by atoms with Crippen molar-refractivity contribution >= 4 is 5.78 Å². The molecule has 66 valence electrons. The van der Waals surface area contributed by atoms with E-state index < -0.39 is 0 Å². The Hall–Kier alpha value is -0.790. The van der Waals surface area contributed by atoms with Gasteiger partial charge in [-0.3, -0.25) is 4.79 Å².